The Morgan fingerprint density at radius 3 is 1.98 bits per heavy atom. The summed E-state index contributed by atoms with van der Waals surface area (Å²) in [4.78, 5) is 5.36. The first kappa shape index (κ1) is 27.6. The zero-order valence-electron chi connectivity index (χ0n) is 26.3. The van der Waals surface area contributed by atoms with E-state index in [-0.39, 0.29) is 12.0 Å². The van der Waals surface area contributed by atoms with Crippen molar-refractivity contribution < 1.29 is 0 Å². The van der Waals surface area contributed by atoms with Gasteiger partial charge < -0.3 is 4.57 Å². The highest BCUT2D eigenvalue weighted by molar-refractivity contribution is 6.09. The van der Waals surface area contributed by atoms with Crippen LogP contribution in [0.1, 0.15) is 45.7 Å². The SMILES string of the molecule is Cc1cccc(C(N=Cc2cccc(-n3c4ccccc4c4ccccc43)c2)C2=CC3c4ccccc4-c4ccccc4C3C=C2)c1. The number of rotatable bonds is 5. The van der Waals surface area contributed by atoms with E-state index in [1.165, 1.54) is 60.8 Å². The molecule has 2 heteroatoms. The molecule has 2 nitrogen and oxygen atoms in total. The molecule has 0 aliphatic heterocycles. The van der Waals surface area contributed by atoms with Crippen LogP contribution in [0, 0.1) is 6.92 Å². The van der Waals surface area contributed by atoms with Gasteiger partial charge in [-0.1, -0.05) is 145 Å². The van der Waals surface area contributed by atoms with Gasteiger partial charge in [-0.15, -0.1) is 0 Å². The second-order valence-corrected chi connectivity index (χ2v) is 12.8. The van der Waals surface area contributed by atoms with Gasteiger partial charge in [0.15, 0.2) is 0 Å². The highest BCUT2D eigenvalue weighted by Gasteiger charge is 2.33. The lowest BCUT2D eigenvalue weighted by Crippen LogP contribution is -2.18. The predicted octanol–water partition coefficient (Wildman–Crippen LogP) is 11.3. The lowest BCUT2D eigenvalue weighted by Gasteiger charge is -2.35. The molecule has 1 aromatic heterocycles. The summed E-state index contributed by atoms with van der Waals surface area (Å²) in [6.45, 7) is 2.16. The fourth-order valence-corrected chi connectivity index (χ4v) is 7.84. The first-order chi connectivity index (χ1) is 23.2. The first-order valence-electron chi connectivity index (χ1n) is 16.5. The van der Waals surface area contributed by atoms with E-state index in [2.05, 4.69) is 182 Å². The average Bonchev–Trinajstić information content (AvgIpc) is 3.46. The van der Waals surface area contributed by atoms with Crippen molar-refractivity contribution in [2.45, 2.75) is 24.8 Å². The van der Waals surface area contributed by atoms with Crippen LogP contribution < -0.4 is 0 Å². The van der Waals surface area contributed by atoms with Crippen LogP contribution in [0.15, 0.2) is 174 Å². The molecule has 0 saturated carbocycles. The van der Waals surface area contributed by atoms with E-state index in [9.17, 15) is 0 Å². The Balaban J connectivity index is 1.13. The van der Waals surface area contributed by atoms with Crippen molar-refractivity contribution in [3.8, 4) is 16.8 Å². The highest BCUT2D eigenvalue weighted by atomic mass is 15.0. The predicted molar refractivity (Wildman–Crippen MR) is 197 cm³/mol. The lowest BCUT2D eigenvalue weighted by molar-refractivity contribution is 0.698. The molecule has 3 atom stereocenters. The summed E-state index contributed by atoms with van der Waals surface area (Å²) in [6, 6.07) is 52.6. The highest BCUT2D eigenvalue weighted by Crippen LogP contribution is 2.51. The van der Waals surface area contributed by atoms with Crippen molar-refractivity contribution in [3.63, 3.8) is 0 Å². The first-order valence-corrected chi connectivity index (χ1v) is 16.5. The molecule has 0 amide bonds. The Labute approximate surface area is 275 Å². The van der Waals surface area contributed by atoms with E-state index >= 15 is 0 Å². The summed E-state index contributed by atoms with van der Waals surface area (Å²) >= 11 is 0. The molecule has 0 bridgehead atoms. The molecule has 3 unspecified atom stereocenters. The topological polar surface area (TPSA) is 17.3 Å². The fourth-order valence-electron chi connectivity index (χ4n) is 7.84. The molecule has 2 aliphatic rings. The molecule has 0 spiro atoms. The third-order valence-corrected chi connectivity index (χ3v) is 9.94. The van der Waals surface area contributed by atoms with E-state index in [4.69, 9.17) is 4.99 Å². The molecule has 0 radical (unpaired) electrons. The van der Waals surface area contributed by atoms with E-state index in [1.54, 1.807) is 0 Å². The fraction of sp³-hybridized carbons (Fsp3) is 0.0889. The van der Waals surface area contributed by atoms with Crippen LogP contribution in [0.25, 0.3) is 38.6 Å². The number of allylic oxidation sites excluding steroid dienone is 2. The number of aryl methyl sites for hydroxylation is 1. The molecule has 224 valence electrons. The second kappa shape index (κ2) is 11.3. The molecule has 1 heterocycles. The van der Waals surface area contributed by atoms with Gasteiger partial charge in [-0.2, -0.15) is 0 Å². The summed E-state index contributed by atoms with van der Waals surface area (Å²) in [5.74, 6) is 0.581. The van der Waals surface area contributed by atoms with Gasteiger partial charge in [0.2, 0.25) is 0 Å². The van der Waals surface area contributed by atoms with Crippen LogP contribution in [0.2, 0.25) is 0 Å². The zero-order valence-corrected chi connectivity index (χ0v) is 26.3. The molecule has 7 aromatic rings. The monoisotopic (exact) mass is 602 g/mol. The molecule has 9 rings (SSSR count). The standard InChI is InChI=1S/C45H34N2/c1-30-12-10-14-32(26-30)45(33-24-25-39-37-18-3-2-16-35(37)36-17-4-5-19-38(36)42(39)28-33)46-29-31-13-11-15-34(27-31)47-43-22-8-6-20-40(43)41-21-7-9-23-44(41)47/h2-29,39,42,45H,1H3. The number of para-hydroxylation sites is 2. The summed E-state index contributed by atoms with van der Waals surface area (Å²) in [5.41, 5.74) is 13.8. The third kappa shape index (κ3) is 4.68. The smallest absolute Gasteiger partial charge is 0.0996 e. The van der Waals surface area contributed by atoms with Crippen molar-refractivity contribution in [2.75, 3.05) is 0 Å². The largest absolute Gasteiger partial charge is 0.309 e. The summed E-state index contributed by atoms with van der Waals surface area (Å²) in [5, 5.41) is 2.53. The number of hydrogen-bond acceptors (Lipinski definition) is 1. The van der Waals surface area contributed by atoms with Crippen LogP contribution in [-0.2, 0) is 0 Å². The van der Waals surface area contributed by atoms with Crippen molar-refractivity contribution in [1.29, 1.82) is 0 Å². The maximum absolute atomic E-state index is 5.36. The van der Waals surface area contributed by atoms with Gasteiger partial charge in [-0.3, -0.25) is 4.99 Å². The molecule has 0 saturated heterocycles. The molecule has 47 heavy (non-hydrogen) atoms. The maximum Gasteiger partial charge on any atom is 0.0996 e. The van der Waals surface area contributed by atoms with Crippen LogP contribution in [0.3, 0.4) is 0 Å². The Bertz CT molecular complexity index is 2350. The minimum atomic E-state index is -0.117. The quantitative estimate of drug-likeness (QED) is 0.174. The minimum absolute atomic E-state index is 0.117. The normalized spacial score (nSPS) is 17.3. The minimum Gasteiger partial charge on any atom is -0.309 e. The van der Waals surface area contributed by atoms with Gasteiger partial charge in [0.1, 0.15) is 0 Å². The number of aromatic nitrogens is 1. The Hall–Kier alpha value is -5.73. The number of fused-ring (bicyclic) bond motifs is 9. The van der Waals surface area contributed by atoms with Gasteiger partial charge >= 0.3 is 0 Å². The molecule has 0 N–H and O–H groups in total. The average molecular weight is 603 g/mol. The van der Waals surface area contributed by atoms with E-state index in [0.29, 0.717) is 5.92 Å². The second-order valence-electron chi connectivity index (χ2n) is 12.8. The molecular weight excluding hydrogens is 569 g/mol. The van der Waals surface area contributed by atoms with Crippen molar-refractivity contribution in [1.82, 2.24) is 4.57 Å². The van der Waals surface area contributed by atoms with Gasteiger partial charge in [0.05, 0.1) is 17.1 Å². The van der Waals surface area contributed by atoms with Crippen molar-refractivity contribution in [2.24, 2.45) is 4.99 Å². The Morgan fingerprint density at radius 2 is 1.26 bits per heavy atom. The Kier molecular flexibility index (Phi) is 6.60. The maximum atomic E-state index is 5.36. The number of benzene rings is 6. The summed E-state index contributed by atoms with van der Waals surface area (Å²) < 4.78 is 2.37. The number of nitrogens with zero attached hydrogens (tertiary/aromatic N) is 2. The molecule has 6 aromatic carbocycles. The lowest BCUT2D eigenvalue weighted by atomic mass is 9.68. The van der Waals surface area contributed by atoms with Crippen LogP contribution in [0.4, 0.5) is 0 Å². The zero-order chi connectivity index (χ0) is 31.3. The van der Waals surface area contributed by atoms with Crippen LogP contribution >= 0.6 is 0 Å². The summed E-state index contributed by atoms with van der Waals surface area (Å²) in [7, 11) is 0. The van der Waals surface area contributed by atoms with Crippen molar-refractivity contribution >= 4 is 28.0 Å². The number of hydrogen-bond donors (Lipinski definition) is 0. The van der Waals surface area contributed by atoms with Crippen LogP contribution in [-0.4, -0.2) is 10.8 Å². The van der Waals surface area contributed by atoms with E-state index in [0.717, 1.165) is 11.3 Å². The van der Waals surface area contributed by atoms with E-state index < -0.39 is 0 Å². The molecule has 2 aliphatic carbocycles. The third-order valence-electron chi connectivity index (χ3n) is 9.94. The van der Waals surface area contributed by atoms with E-state index in [1.807, 2.05) is 0 Å². The van der Waals surface area contributed by atoms with Gasteiger partial charge in [0, 0.05) is 34.5 Å². The molecule has 0 fully saturated rings. The summed E-state index contributed by atoms with van der Waals surface area (Å²) in [6.07, 6.45) is 9.29. The Morgan fingerprint density at radius 1 is 0.617 bits per heavy atom. The number of aliphatic imine (C=N–C) groups is 1. The van der Waals surface area contributed by atoms with Gasteiger partial charge in [-0.05, 0) is 70.1 Å². The van der Waals surface area contributed by atoms with Crippen molar-refractivity contribution in [3.05, 3.63) is 197 Å². The molecular formula is C45H34N2. The van der Waals surface area contributed by atoms with Crippen LogP contribution in [0.5, 0.6) is 0 Å². The van der Waals surface area contributed by atoms with Gasteiger partial charge in [0.25, 0.3) is 0 Å². The van der Waals surface area contributed by atoms with Gasteiger partial charge in [-0.25, -0.2) is 0 Å².